The van der Waals surface area contributed by atoms with Gasteiger partial charge in [0.05, 0.1) is 11.7 Å². The van der Waals surface area contributed by atoms with Crippen LogP contribution < -0.4 is 0 Å². The zero-order valence-corrected chi connectivity index (χ0v) is 17.3. The molecular weight excluding hydrogens is 402 g/mol. The molecule has 0 aliphatic carbocycles. The molecule has 1 heterocycles. The van der Waals surface area contributed by atoms with Crippen molar-refractivity contribution >= 4 is 27.9 Å². The minimum absolute atomic E-state index is 0.0455. The van der Waals surface area contributed by atoms with Crippen LogP contribution in [-0.2, 0) is 4.79 Å². The van der Waals surface area contributed by atoms with E-state index in [4.69, 9.17) is 0 Å². The van der Waals surface area contributed by atoms with E-state index in [0.717, 1.165) is 24.8 Å². The third-order valence-electron chi connectivity index (χ3n) is 4.23. The Bertz CT molecular complexity index is 827. The van der Waals surface area contributed by atoms with Crippen LogP contribution in [0, 0.1) is 11.3 Å². The van der Waals surface area contributed by atoms with E-state index in [1.54, 1.807) is 18.2 Å². The van der Waals surface area contributed by atoms with Crippen LogP contribution in [0.4, 0.5) is 0 Å². The SMILES string of the molecule is CCC[C@@H](c1ccccc1)N(CCC)C(=O)C(C#N)=Cc1cccc(Br)n1. The van der Waals surface area contributed by atoms with Crippen LogP contribution in [0.25, 0.3) is 6.08 Å². The number of halogens is 1. The molecule has 2 rings (SSSR count). The molecule has 140 valence electrons. The third-order valence-corrected chi connectivity index (χ3v) is 4.67. The molecule has 0 saturated carbocycles. The van der Waals surface area contributed by atoms with Crippen molar-refractivity contribution in [2.24, 2.45) is 0 Å². The van der Waals surface area contributed by atoms with Crippen molar-refractivity contribution in [1.82, 2.24) is 9.88 Å². The fraction of sp³-hybridized carbons (Fsp3) is 0.318. The second-order valence-electron chi connectivity index (χ2n) is 6.27. The summed E-state index contributed by atoms with van der Waals surface area (Å²) in [6, 6.07) is 17.5. The van der Waals surface area contributed by atoms with Gasteiger partial charge in [-0.05, 0) is 52.5 Å². The molecule has 5 heteroatoms. The Hall–Kier alpha value is -2.45. The summed E-state index contributed by atoms with van der Waals surface area (Å²) in [5, 5.41) is 9.62. The maximum Gasteiger partial charge on any atom is 0.265 e. The van der Waals surface area contributed by atoms with Gasteiger partial charge >= 0.3 is 0 Å². The fourth-order valence-electron chi connectivity index (χ4n) is 3.04. The van der Waals surface area contributed by atoms with Gasteiger partial charge in [0.15, 0.2) is 0 Å². The number of rotatable bonds is 8. The Labute approximate surface area is 169 Å². The minimum atomic E-state index is -0.247. The van der Waals surface area contributed by atoms with Crippen molar-refractivity contribution in [3.05, 3.63) is 70.0 Å². The molecular formula is C22H24BrN3O. The number of aromatic nitrogens is 1. The summed E-state index contributed by atoms with van der Waals surface area (Å²) in [5.74, 6) is -0.247. The standard InChI is InChI=1S/C22H24BrN3O/c1-3-9-20(17-10-6-5-7-11-17)26(14-4-2)22(27)18(16-24)15-19-12-8-13-21(23)25-19/h5-8,10-13,15,20H,3-4,9,14H2,1-2H3/t20-/m0/s1. The van der Waals surface area contributed by atoms with Crippen LogP contribution in [0.2, 0.25) is 0 Å². The van der Waals surface area contributed by atoms with Gasteiger partial charge in [-0.1, -0.05) is 56.7 Å². The third kappa shape index (κ3) is 5.77. The first-order chi connectivity index (χ1) is 13.1. The Balaban J connectivity index is 2.40. The van der Waals surface area contributed by atoms with Crippen molar-refractivity contribution in [2.45, 2.75) is 39.2 Å². The highest BCUT2D eigenvalue weighted by Gasteiger charge is 2.26. The van der Waals surface area contributed by atoms with Crippen molar-refractivity contribution < 1.29 is 4.79 Å². The monoisotopic (exact) mass is 425 g/mol. The maximum atomic E-state index is 13.2. The molecule has 0 bridgehead atoms. The highest BCUT2D eigenvalue weighted by Crippen LogP contribution is 2.27. The van der Waals surface area contributed by atoms with Gasteiger partial charge in [0.2, 0.25) is 0 Å². The van der Waals surface area contributed by atoms with Gasteiger partial charge in [-0.15, -0.1) is 0 Å². The molecule has 0 aliphatic rings. The largest absolute Gasteiger partial charge is 0.331 e. The predicted octanol–water partition coefficient (Wildman–Crippen LogP) is 5.53. The van der Waals surface area contributed by atoms with Crippen LogP contribution >= 0.6 is 15.9 Å². The summed E-state index contributed by atoms with van der Waals surface area (Å²) in [5.41, 5.74) is 1.78. The zero-order chi connectivity index (χ0) is 19.6. The van der Waals surface area contributed by atoms with Crippen molar-refractivity contribution in [2.75, 3.05) is 6.54 Å². The summed E-state index contributed by atoms with van der Waals surface area (Å²) in [6.45, 7) is 4.75. The maximum absolute atomic E-state index is 13.2. The first-order valence-corrected chi connectivity index (χ1v) is 10.00. The van der Waals surface area contributed by atoms with Gasteiger partial charge in [-0.3, -0.25) is 4.79 Å². The predicted molar refractivity (Wildman–Crippen MR) is 112 cm³/mol. The molecule has 1 atom stereocenters. The van der Waals surface area contributed by atoms with Gasteiger partial charge in [0, 0.05) is 6.54 Å². The number of carbonyl (C=O) groups is 1. The molecule has 1 amide bonds. The summed E-state index contributed by atoms with van der Waals surface area (Å²) in [7, 11) is 0. The molecule has 2 aromatic rings. The van der Waals surface area contributed by atoms with E-state index in [-0.39, 0.29) is 17.5 Å². The molecule has 4 nitrogen and oxygen atoms in total. The second kappa shape index (κ2) is 10.6. The van der Waals surface area contributed by atoms with E-state index >= 15 is 0 Å². The lowest BCUT2D eigenvalue weighted by atomic mass is 9.99. The number of amides is 1. The lowest BCUT2D eigenvalue weighted by Gasteiger charge is -2.32. The molecule has 1 aromatic heterocycles. The number of nitriles is 1. The van der Waals surface area contributed by atoms with Crippen LogP contribution in [-0.4, -0.2) is 22.3 Å². The van der Waals surface area contributed by atoms with Gasteiger partial charge in [-0.2, -0.15) is 5.26 Å². The molecule has 0 radical (unpaired) electrons. The molecule has 0 N–H and O–H groups in total. The van der Waals surface area contributed by atoms with Crippen LogP contribution in [0.5, 0.6) is 0 Å². The number of carbonyl (C=O) groups excluding carboxylic acids is 1. The Kier molecular flexibility index (Phi) is 8.22. The lowest BCUT2D eigenvalue weighted by Crippen LogP contribution is -2.36. The Morgan fingerprint density at radius 2 is 1.93 bits per heavy atom. The van der Waals surface area contributed by atoms with Crippen LogP contribution in [0.3, 0.4) is 0 Å². The highest BCUT2D eigenvalue weighted by molar-refractivity contribution is 9.10. The van der Waals surface area contributed by atoms with E-state index < -0.39 is 0 Å². The molecule has 0 spiro atoms. The zero-order valence-electron chi connectivity index (χ0n) is 15.7. The molecule has 0 saturated heterocycles. The smallest absolute Gasteiger partial charge is 0.265 e. The molecule has 27 heavy (non-hydrogen) atoms. The van der Waals surface area contributed by atoms with Gasteiger partial charge in [-0.25, -0.2) is 4.98 Å². The number of pyridine rings is 1. The molecule has 0 unspecified atom stereocenters. The lowest BCUT2D eigenvalue weighted by molar-refractivity contribution is -0.129. The van der Waals surface area contributed by atoms with E-state index in [1.165, 1.54) is 0 Å². The van der Waals surface area contributed by atoms with Crippen LogP contribution in [0.15, 0.2) is 58.7 Å². The van der Waals surface area contributed by atoms with E-state index in [0.29, 0.717) is 16.8 Å². The first kappa shape index (κ1) is 20.9. The Morgan fingerprint density at radius 3 is 2.52 bits per heavy atom. The van der Waals surface area contributed by atoms with Crippen molar-refractivity contribution in [1.29, 1.82) is 5.26 Å². The van der Waals surface area contributed by atoms with Gasteiger partial charge in [0.25, 0.3) is 5.91 Å². The topological polar surface area (TPSA) is 57.0 Å². The average Bonchev–Trinajstić information content (AvgIpc) is 2.69. The van der Waals surface area contributed by atoms with Crippen LogP contribution in [0.1, 0.15) is 50.4 Å². The average molecular weight is 426 g/mol. The molecule has 0 fully saturated rings. The highest BCUT2D eigenvalue weighted by atomic mass is 79.9. The minimum Gasteiger partial charge on any atom is -0.331 e. The van der Waals surface area contributed by atoms with E-state index in [2.05, 4.69) is 33.9 Å². The molecule has 0 aliphatic heterocycles. The molecule has 1 aromatic carbocycles. The number of benzene rings is 1. The summed E-state index contributed by atoms with van der Waals surface area (Å²) < 4.78 is 0.666. The van der Waals surface area contributed by atoms with E-state index in [1.807, 2.05) is 48.2 Å². The summed E-state index contributed by atoms with van der Waals surface area (Å²) in [6.07, 6.45) is 4.19. The number of nitrogens with zero attached hydrogens (tertiary/aromatic N) is 3. The van der Waals surface area contributed by atoms with Gasteiger partial charge in [0.1, 0.15) is 16.2 Å². The fourth-order valence-corrected chi connectivity index (χ4v) is 3.40. The number of hydrogen-bond donors (Lipinski definition) is 0. The van der Waals surface area contributed by atoms with Crippen molar-refractivity contribution in [3.63, 3.8) is 0 Å². The van der Waals surface area contributed by atoms with Gasteiger partial charge < -0.3 is 4.90 Å². The Morgan fingerprint density at radius 1 is 1.19 bits per heavy atom. The quantitative estimate of drug-likeness (QED) is 0.317. The van der Waals surface area contributed by atoms with Crippen molar-refractivity contribution in [3.8, 4) is 6.07 Å². The summed E-state index contributed by atoms with van der Waals surface area (Å²) >= 11 is 3.32. The number of hydrogen-bond acceptors (Lipinski definition) is 3. The first-order valence-electron chi connectivity index (χ1n) is 9.21. The van der Waals surface area contributed by atoms with E-state index in [9.17, 15) is 10.1 Å². The summed E-state index contributed by atoms with van der Waals surface area (Å²) in [4.78, 5) is 19.4. The normalized spacial score (nSPS) is 12.3. The second-order valence-corrected chi connectivity index (χ2v) is 7.08.